The molecule has 0 aromatic heterocycles. The van der Waals surface area contributed by atoms with Crippen molar-refractivity contribution >= 4 is 35.1 Å². The Kier molecular flexibility index (Phi) is 8.40. The second kappa shape index (κ2) is 11.4. The van der Waals surface area contributed by atoms with E-state index in [4.69, 9.17) is 4.74 Å². The van der Waals surface area contributed by atoms with E-state index in [1.165, 1.54) is 37.6 Å². The first-order chi connectivity index (χ1) is 16.2. The van der Waals surface area contributed by atoms with E-state index in [1.54, 1.807) is 11.8 Å². The van der Waals surface area contributed by atoms with Gasteiger partial charge >= 0.3 is 5.97 Å². The number of esters is 1. The zero-order chi connectivity index (χ0) is 24.7. The Hall–Kier alpha value is -3.68. The third-order valence-corrected chi connectivity index (χ3v) is 5.73. The molecule has 0 spiro atoms. The second-order valence-corrected chi connectivity index (χ2v) is 8.67. The summed E-state index contributed by atoms with van der Waals surface area (Å²) in [5, 5.41) is 5.18. The van der Waals surface area contributed by atoms with Crippen LogP contribution in [0.3, 0.4) is 0 Å². The molecular formula is C26H31N3O5. The molecule has 34 heavy (non-hydrogen) atoms. The summed E-state index contributed by atoms with van der Waals surface area (Å²) in [4.78, 5) is 50.3. The minimum Gasteiger partial charge on any atom is -0.449 e. The molecule has 0 bridgehead atoms. The molecule has 1 fully saturated rings. The summed E-state index contributed by atoms with van der Waals surface area (Å²) >= 11 is 0. The third-order valence-electron chi connectivity index (χ3n) is 5.73. The molecule has 0 saturated carbocycles. The molecule has 1 atom stereocenters. The quantitative estimate of drug-likeness (QED) is 0.608. The van der Waals surface area contributed by atoms with Crippen LogP contribution in [0.4, 0.5) is 11.4 Å². The van der Waals surface area contributed by atoms with Gasteiger partial charge in [0, 0.05) is 38.3 Å². The normalized spacial score (nSPS) is 14.7. The first-order valence-corrected chi connectivity index (χ1v) is 11.4. The SMILES string of the molecule is CC(=O)Nc1cc(NC(C)=O)cc(C(=O)OC(C)C(=O)N2CCC(Cc3ccccc3)CC2)c1. The van der Waals surface area contributed by atoms with Crippen molar-refractivity contribution in [2.24, 2.45) is 5.92 Å². The number of hydrogen-bond acceptors (Lipinski definition) is 5. The topological polar surface area (TPSA) is 105 Å². The van der Waals surface area contributed by atoms with Gasteiger partial charge in [-0.05, 0) is 55.9 Å². The summed E-state index contributed by atoms with van der Waals surface area (Å²) in [5.41, 5.74) is 2.10. The van der Waals surface area contributed by atoms with Crippen LogP contribution in [0, 0.1) is 5.92 Å². The first kappa shape index (κ1) is 25.0. The number of likely N-dealkylation sites (tertiary alicyclic amines) is 1. The van der Waals surface area contributed by atoms with E-state index in [1.807, 2.05) is 18.2 Å². The molecule has 1 heterocycles. The minimum absolute atomic E-state index is 0.121. The van der Waals surface area contributed by atoms with Crippen LogP contribution in [0.5, 0.6) is 0 Å². The average molecular weight is 466 g/mol. The lowest BCUT2D eigenvalue weighted by atomic mass is 9.90. The molecule has 1 aliphatic heterocycles. The maximum absolute atomic E-state index is 12.9. The van der Waals surface area contributed by atoms with Crippen LogP contribution in [-0.2, 0) is 25.5 Å². The highest BCUT2D eigenvalue weighted by Gasteiger charge is 2.28. The number of nitrogens with zero attached hydrogens (tertiary/aromatic N) is 1. The number of hydrogen-bond donors (Lipinski definition) is 2. The number of nitrogens with one attached hydrogen (secondary N) is 2. The van der Waals surface area contributed by atoms with E-state index in [0.29, 0.717) is 30.4 Å². The van der Waals surface area contributed by atoms with Gasteiger partial charge in [0.2, 0.25) is 11.8 Å². The number of amides is 3. The third kappa shape index (κ3) is 7.16. The smallest absolute Gasteiger partial charge is 0.339 e. The van der Waals surface area contributed by atoms with E-state index >= 15 is 0 Å². The number of piperidine rings is 1. The van der Waals surface area contributed by atoms with Crippen molar-refractivity contribution in [3.63, 3.8) is 0 Å². The lowest BCUT2D eigenvalue weighted by molar-refractivity contribution is -0.141. The van der Waals surface area contributed by atoms with Gasteiger partial charge in [0.25, 0.3) is 5.91 Å². The van der Waals surface area contributed by atoms with Crippen LogP contribution in [0.2, 0.25) is 0 Å². The fourth-order valence-electron chi connectivity index (χ4n) is 4.14. The first-order valence-electron chi connectivity index (χ1n) is 11.4. The van der Waals surface area contributed by atoms with Crippen LogP contribution in [0.1, 0.15) is 49.5 Å². The Morgan fingerprint density at radius 3 is 2.03 bits per heavy atom. The van der Waals surface area contributed by atoms with Crippen molar-refractivity contribution in [2.45, 2.75) is 46.1 Å². The summed E-state index contributed by atoms with van der Waals surface area (Å²) in [6.07, 6.45) is 1.85. The molecule has 3 amide bonds. The van der Waals surface area contributed by atoms with E-state index in [9.17, 15) is 19.2 Å². The van der Waals surface area contributed by atoms with Gasteiger partial charge in [0.05, 0.1) is 5.56 Å². The fourth-order valence-corrected chi connectivity index (χ4v) is 4.14. The molecule has 2 aromatic carbocycles. The van der Waals surface area contributed by atoms with Crippen molar-refractivity contribution in [3.8, 4) is 0 Å². The fraction of sp³-hybridized carbons (Fsp3) is 0.385. The summed E-state index contributed by atoms with van der Waals surface area (Å²) in [6.45, 7) is 5.49. The number of benzene rings is 2. The average Bonchev–Trinajstić information content (AvgIpc) is 2.78. The van der Waals surface area contributed by atoms with Crippen LogP contribution in [0.25, 0.3) is 0 Å². The van der Waals surface area contributed by atoms with Gasteiger partial charge < -0.3 is 20.3 Å². The Morgan fingerprint density at radius 2 is 1.50 bits per heavy atom. The highest BCUT2D eigenvalue weighted by Crippen LogP contribution is 2.23. The lowest BCUT2D eigenvalue weighted by Gasteiger charge is -2.33. The highest BCUT2D eigenvalue weighted by atomic mass is 16.5. The molecule has 1 aliphatic rings. The van der Waals surface area contributed by atoms with Gasteiger partial charge in [-0.3, -0.25) is 14.4 Å². The number of carbonyl (C=O) groups excluding carboxylic acids is 4. The number of anilines is 2. The number of rotatable bonds is 7. The molecular weight excluding hydrogens is 434 g/mol. The lowest BCUT2D eigenvalue weighted by Crippen LogP contribution is -2.44. The maximum Gasteiger partial charge on any atom is 0.339 e. The van der Waals surface area contributed by atoms with Crippen LogP contribution >= 0.6 is 0 Å². The number of carbonyl (C=O) groups is 4. The highest BCUT2D eigenvalue weighted by molar-refractivity contribution is 5.98. The van der Waals surface area contributed by atoms with Crippen molar-refractivity contribution in [2.75, 3.05) is 23.7 Å². The van der Waals surface area contributed by atoms with E-state index < -0.39 is 12.1 Å². The standard InChI is InChI=1S/C26H31N3O5/c1-17(25(32)29-11-9-21(10-12-29)13-20-7-5-4-6-8-20)34-26(33)22-14-23(27-18(2)30)16-24(15-22)28-19(3)31/h4-8,14-17,21H,9-13H2,1-3H3,(H,27,30)(H,28,31). The van der Waals surface area contributed by atoms with E-state index in [0.717, 1.165) is 19.3 Å². The Labute approximate surface area is 199 Å². The maximum atomic E-state index is 12.9. The zero-order valence-corrected chi connectivity index (χ0v) is 19.8. The summed E-state index contributed by atoms with van der Waals surface area (Å²) in [5.74, 6) is -1.06. The second-order valence-electron chi connectivity index (χ2n) is 8.67. The van der Waals surface area contributed by atoms with Crippen LogP contribution < -0.4 is 10.6 Å². The van der Waals surface area contributed by atoms with Crippen molar-refractivity contribution < 1.29 is 23.9 Å². The largest absolute Gasteiger partial charge is 0.449 e. The van der Waals surface area contributed by atoms with Gasteiger partial charge in [-0.15, -0.1) is 0 Å². The Bertz CT molecular complexity index is 1010. The summed E-state index contributed by atoms with van der Waals surface area (Å²) < 4.78 is 5.44. The number of ether oxygens (including phenoxy) is 1. The molecule has 3 rings (SSSR count). The predicted molar refractivity (Wildman–Crippen MR) is 129 cm³/mol. The zero-order valence-electron chi connectivity index (χ0n) is 19.8. The molecule has 8 heteroatoms. The molecule has 2 N–H and O–H groups in total. The summed E-state index contributed by atoms with van der Waals surface area (Å²) in [6, 6.07) is 14.7. The van der Waals surface area contributed by atoms with Gasteiger partial charge in [-0.2, -0.15) is 0 Å². The molecule has 2 aromatic rings. The van der Waals surface area contributed by atoms with Crippen molar-refractivity contribution in [1.29, 1.82) is 0 Å². The van der Waals surface area contributed by atoms with Crippen LogP contribution in [0.15, 0.2) is 48.5 Å². The Balaban J connectivity index is 1.59. The molecule has 0 aliphatic carbocycles. The van der Waals surface area contributed by atoms with Gasteiger partial charge in [0.1, 0.15) is 0 Å². The van der Waals surface area contributed by atoms with E-state index in [2.05, 4.69) is 22.8 Å². The van der Waals surface area contributed by atoms with Gasteiger partial charge in [0.15, 0.2) is 6.10 Å². The monoisotopic (exact) mass is 465 g/mol. The molecule has 0 radical (unpaired) electrons. The molecule has 1 unspecified atom stereocenters. The van der Waals surface area contributed by atoms with Crippen molar-refractivity contribution in [3.05, 3.63) is 59.7 Å². The predicted octanol–water partition coefficient (Wildman–Crippen LogP) is 3.63. The van der Waals surface area contributed by atoms with Crippen LogP contribution in [-0.4, -0.2) is 47.8 Å². The summed E-state index contributed by atoms with van der Waals surface area (Å²) in [7, 11) is 0. The Morgan fingerprint density at radius 1 is 0.941 bits per heavy atom. The van der Waals surface area contributed by atoms with E-state index in [-0.39, 0.29) is 23.3 Å². The minimum atomic E-state index is -0.952. The molecule has 1 saturated heterocycles. The van der Waals surface area contributed by atoms with Gasteiger partial charge in [-0.1, -0.05) is 30.3 Å². The van der Waals surface area contributed by atoms with Crippen molar-refractivity contribution in [1.82, 2.24) is 4.90 Å². The molecule has 180 valence electrons. The van der Waals surface area contributed by atoms with Gasteiger partial charge in [-0.25, -0.2) is 4.79 Å². The molecule has 8 nitrogen and oxygen atoms in total.